The number of benzene rings is 1. The van der Waals surface area contributed by atoms with Crippen molar-refractivity contribution in [2.75, 3.05) is 0 Å². The molecular formula is C13H11BrClFN2O2. The van der Waals surface area contributed by atoms with Gasteiger partial charge in [-0.05, 0) is 34.0 Å². The topological polar surface area (TPSA) is 55.1 Å². The molecule has 0 aliphatic heterocycles. The van der Waals surface area contributed by atoms with Gasteiger partial charge in [0.05, 0.1) is 20.9 Å². The van der Waals surface area contributed by atoms with Crippen LogP contribution in [-0.4, -0.2) is 20.9 Å². The number of halogens is 3. The minimum atomic E-state index is -1.15. The van der Waals surface area contributed by atoms with Gasteiger partial charge in [-0.1, -0.05) is 25.4 Å². The lowest BCUT2D eigenvalue weighted by Crippen LogP contribution is -2.05. The van der Waals surface area contributed by atoms with Crippen LogP contribution < -0.4 is 0 Å². The van der Waals surface area contributed by atoms with Gasteiger partial charge < -0.3 is 5.11 Å². The normalized spacial score (nSPS) is 11.1. The van der Waals surface area contributed by atoms with Crippen LogP contribution in [0.25, 0.3) is 5.69 Å². The maximum atomic E-state index is 13.6. The van der Waals surface area contributed by atoms with Crippen LogP contribution in [0.1, 0.15) is 35.9 Å². The van der Waals surface area contributed by atoms with E-state index in [0.717, 1.165) is 0 Å². The van der Waals surface area contributed by atoms with Crippen molar-refractivity contribution >= 4 is 33.5 Å². The molecule has 0 radical (unpaired) electrons. The Morgan fingerprint density at radius 2 is 2.15 bits per heavy atom. The molecule has 0 amide bonds. The van der Waals surface area contributed by atoms with Crippen molar-refractivity contribution in [3.05, 3.63) is 44.9 Å². The summed E-state index contributed by atoms with van der Waals surface area (Å²) in [6, 6.07) is 4.22. The van der Waals surface area contributed by atoms with E-state index in [2.05, 4.69) is 21.0 Å². The minimum absolute atomic E-state index is 0.00344. The smallest absolute Gasteiger partial charge is 0.357 e. The van der Waals surface area contributed by atoms with E-state index in [4.69, 9.17) is 16.7 Å². The number of carboxylic acids is 1. The zero-order valence-corrected chi connectivity index (χ0v) is 13.0. The summed E-state index contributed by atoms with van der Waals surface area (Å²) in [7, 11) is 0. The molecule has 0 saturated carbocycles. The number of aromatic carboxylic acids is 1. The van der Waals surface area contributed by atoms with Crippen LogP contribution in [0.5, 0.6) is 0 Å². The molecule has 4 nitrogen and oxygen atoms in total. The molecule has 1 aromatic heterocycles. The van der Waals surface area contributed by atoms with E-state index in [1.54, 1.807) is 6.07 Å². The highest BCUT2D eigenvalue weighted by atomic mass is 79.9. The second-order valence-corrected chi connectivity index (χ2v) is 5.72. The van der Waals surface area contributed by atoms with E-state index >= 15 is 0 Å². The van der Waals surface area contributed by atoms with E-state index in [1.165, 1.54) is 16.8 Å². The Kier molecular flexibility index (Phi) is 4.15. The van der Waals surface area contributed by atoms with Crippen LogP contribution in [0.2, 0.25) is 5.02 Å². The van der Waals surface area contributed by atoms with Crippen molar-refractivity contribution in [2.24, 2.45) is 0 Å². The third-order valence-electron chi connectivity index (χ3n) is 2.76. The maximum absolute atomic E-state index is 13.6. The molecule has 0 aliphatic rings. The van der Waals surface area contributed by atoms with Gasteiger partial charge in [-0.2, -0.15) is 5.10 Å². The number of rotatable bonds is 3. The summed E-state index contributed by atoms with van der Waals surface area (Å²) in [5.41, 5.74) is 0.969. The molecule has 0 fully saturated rings. The highest BCUT2D eigenvalue weighted by Gasteiger charge is 2.23. The van der Waals surface area contributed by atoms with Gasteiger partial charge in [-0.3, -0.25) is 0 Å². The van der Waals surface area contributed by atoms with Gasteiger partial charge in [0.15, 0.2) is 5.69 Å². The molecule has 106 valence electrons. The first-order chi connectivity index (χ1) is 9.32. The summed E-state index contributed by atoms with van der Waals surface area (Å²) in [5, 5.41) is 13.2. The van der Waals surface area contributed by atoms with Crippen LogP contribution in [0.15, 0.2) is 22.7 Å². The lowest BCUT2D eigenvalue weighted by atomic mass is 10.1. The molecular weight excluding hydrogens is 351 g/mol. The Labute approximate surface area is 128 Å². The Morgan fingerprint density at radius 3 is 2.65 bits per heavy atom. The second-order valence-electron chi connectivity index (χ2n) is 4.52. The van der Waals surface area contributed by atoms with Crippen molar-refractivity contribution in [3.63, 3.8) is 0 Å². The number of hydrogen-bond donors (Lipinski definition) is 1. The SMILES string of the molecule is CC(C)c1c(Br)c(C(=O)O)nn1-c1ccc(Cl)c(F)c1. The first-order valence-corrected chi connectivity index (χ1v) is 6.97. The van der Waals surface area contributed by atoms with Crippen molar-refractivity contribution < 1.29 is 14.3 Å². The number of carbonyl (C=O) groups is 1. The molecule has 2 aromatic rings. The molecule has 7 heteroatoms. The summed E-state index contributed by atoms with van der Waals surface area (Å²) in [6.07, 6.45) is 0. The Balaban J connectivity index is 2.69. The predicted octanol–water partition coefficient (Wildman–Crippen LogP) is 4.25. The Hall–Kier alpha value is -1.40. The highest BCUT2D eigenvalue weighted by molar-refractivity contribution is 9.10. The maximum Gasteiger partial charge on any atom is 0.357 e. The number of hydrogen-bond acceptors (Lipinski definition) is 2. The third kappa shape index (κ3) is 2.58. The van der Waals surface area contributed by atoms with Crippen molar-refractivity contribution in [2.45, 2.75) is 19.8 Å². The summed E-state index contributed by atoms with van der Waals surface area (Å²) in [5.74, 6) is -1.72. The van der Waals surface area contributed by atoms with Crippen LogP contribution in [-0.2, 0) is 0 Å². The van der Waals surface area contributed by atoms with Gasteiger partial charge in [-0.25, -0.2) is 13.9 Å². The highest BCUT2D eigenvalue weighted by Crippen LogP contribution is 2.31. The van der Waals surface area contributed by atoms with Crippen molar-refractivity contribution in [1.29, 1.82) is 0 Å². The molecule has 1 aromatic carbocycles. The molecule has 0 unspecified atom stereocenters. The molecule has 1 heterocycles. The molecule has 20 heavy (non-hydrogen) atoms. The number of aromatic nitrogens is 2. The molecule has 0 saturated heterocycles. The average Bonchev–Trinajstić information content (AvgIpc) is 2.70. The number of carboxylic acid groups (broad SMARTS) is 1. The Bertz CT molecular complexity index is 685. The molecule has 2 rings (SSSR count). The lowest BCUT2D eigenvalue weighted by Gasteiger charge is -2.11. The zero-order valence-electron chi connectivity index (χ0n) is 10.7. The molecule has 0 bridgehead atoms. The third-order valence-corrected chi connectivity index (χ3v) is 3.85. The van der Waals surface area contributed by atoms with Gasteiger partial charge in [0.25, 0.3) is 0 Å². The summed E-state index contributed by atoms with van der Waals surface area (Å²) in [4.78, 5) is 11.2. The predicted molar refractivity (Wildman–Crippen MR) is 77.3 cm³/mol. The second kappa shape index (κ2) is 5.54. The largest absolute Gasteiger partial charge is 0.476 e. The lowest BCUT2D eigenvalue weighted by molar-refractivity contribution is 0.0689. The van der Waals surface area contributed by atoms with Gasteiger partial charge in [0, 0.05) is 6.07 Å². The summed E-state index contributed by atoms with van der Waals surface area (Å²) < 4.78 is 15.4. The van der Waals surface area contributed by atoms with Gasteiger partial charge in [0.2, 0.25) is 0 Å². The fourth-order valence-corrected chi connectivity index (χ4v) is 2.85. The van der Waals surface area contributed by atoms with Crippen molar-refractivity contribution in [3.8, 4) is 5.69 Å². The van der Waals surface area contributed by atoms with Gasteiger partial charge in [-0.15, -0.1) is 0 Å². The quantitative estimate of drug-likeness (QED) is 0.889. The first-order valence-electron chi connectivity index (χ1n) is 5.80. The van der Waals surface area contributed by atoms with E-state index < -0.39 is 11.8 Å². The molecule has 1 N–H and O–H groups in total. The van der Waals surface area contributed by atoms with Gasteiger partial charge in [0.1, 0.15) is 5.82 Å². The van der Waals surface area contributed by atoms with Crippen molar-refractivity contribution in [1.82, 2.24) is 9.78 Å². The monoisotopic (exact) mass is 360 g/mol. The zero-order chi connectivity index (χ0) is 15.0. The Morgan fingerprint density at radius 1 is 1.50 bits per heavy atom. The van der Waals surface area contributed by atoms with Crippen LogP contribution >= 0.6 is 27.5 Å². The first kappa shape index (κ1) is 15.0. The molecule has 0 aliphatic carbocycles. The fraction of sp³-hybridized carbons (Fsp3) is 0.231. The van der Waals surface area contributed by atoms with E-state index in [-0.39, 0.29) is 16.6 Å². The average molecular weight is 362 g/mol. The molecule has 0 atom stereocenters. The van der Waals surface area contributed by atoms with E-state index in [0.29, 0.717) is 15.9 Å². The number of nitrogens with zero attached hydrogens (tertiary/aromatic N) is 2. The summed E-state index contributed by atoms with van der Waals surface area (Å²) >= 11 is 8.90. The summed E-state index contributed by atoms with van der Waals surface area (Å²) in [6.45, 7) is 3.80. The fourth-order valence-electron chi connectivity index (χ4n) is 1.86. The van der Waals surface area contributed by atoms with E-state index in [9.17, 15) is 9.18 Å². The van der Waals surface area contributed by atoms with Crippen LogP contribution in [0, 0.1) is 5.82 Å². The molecule has 0 spiro atoms. The van der Waals surface area contributed by atoms with Crippen LogP contribution in [0.4, 0.5) is 4.39 Å². The van der Waals surface area contributed by atoms with Crippen LogP contribution in [0.3, 0.4) is 0 Å². The van der Waals surface area contributed by atoms with Gasteiger partial charge >= 0.3 is 5.97 Å². The minimum Gasteiger partial charge on any atom is -0.476 e. The standard InChI is InChI=1S/C13H11BrClFN2O2/c1-6(2)12-10(14)11(13(19)20)17-18(12)7-3-4-8(15)9(16)5-7/h3-6H,1-2H3,(H,19,20). The van der Waals surface area contributed by atoms with E-state index in [1.807, 2.05) is 13.8 Å².